The van der Waals surface area contributed by atoms with Gasteiger partial charge in [0.2, 0.25) is 0 Å². The normalized spacial score (nSPS) is 19.4. The predicted molar refractivity (Wildman–Crippen MR) is 85.1 cm³/mol. The van der Waals surface area contributed by atoms with Gasteiger partial charge in [0.25, 0.3) is 0 Å². The molecule has 0 radical (unpaired) electrons. The van der Waals surface area contributed by atoms with Crippen LogP contribution >= 0.6 is 15.9 Å². The summed E-state index contributed by atoms with van der Waals surface area (Å²) in [5, 5.41) is 3.37. The van der Waals surface area contributed by atoms with Crippen LogP contribution in [0.5, 0.6) is 0 Å². The Bertz CT molecular complexity index is 438. The van der Waals surface area contributed by atoms with Gasteiger partial charge in [-0.05, 0) is 44.2 Å². The molecule has 0 aromatic heterocycles. The zero-order chi connectivity index (χ0) is 15.3. The van der Waals surface area contributed by atoms with Crippen LogP contribution in [0.4, 0.5) is 4.39 Å². The first kappa shape index (κ1) is 16.9. The van der Waals surface area contributed by atoms with E-state index in [9.17, 15) is 4.39 Å². The van der Waals surface area contributed by atoms with Gasteiger partial charge >= 0.3 is 0 Å². The minimum absolute atomic E-state index is 0.134. The van der Waals surface area contributed by atoms with Crippen molar-refractivity contribution < 1.29 is 13.9 Å². The first-order valence-corrected chi connectivity index (χ1v) is 8.23. The van der Waals surface area contributed by atoms with E-state index in [4.69, 9.17) is 9.47 Å². The van der Waals surface area contributed by atoms with Crippen molar-refractivity contribution in [2.24, 2.45) is 0 Å². The molecule has 2 rings (SSSR count). The van der Waals surface area contributed by atoms with E-state index in [1.807, 2.05) is 20.0 Å². The smallest absolute Gasteiger partial charge is 0.124 e. The van der Waals surface area contributed by atoms with Gasteiger partial charge in [0.15, 0.2) is 0 Å². The lowest BCUT2D eigenvalue weighted by atomic mass is 9.82. The van der Waals surface area contributed by atoms with Crippen molar-refractivity contribution in [3.63, 3.8) is 0 Å². The van der Waals surface area contributed by atoms with Gasteiger partial charge in [0.05, 0.1) is 5.60 Å². The van der Waals surface area contributed by atoms with E-state index in [1.54, 1.807) is 6.07 Å². The van der Waals surface area contributed by atoms with Gasteiger partial charge in [-0.1, -0.05) is 15.9 Å². The van der Waals surface area contributed by atoms with E-state index in [0.29, 0.717) is 19.8 Å². The summed E-state index contributed by atoms with van der Waals surface area (Å²) in [7, 11) is 1.94. The summed E-state index contributed by atoms with van der Waals surface area (Å²) in [4.78, 5) is 0. The van der Waals surface area contributed by atoms with Crippen molar-refractivity contribution in [1.29, 1.82) is 0 Å². The third kappa shape index (κ3) is 4.25. The lowest BCUT2D eigenvalue weighted by Crippen LogP contribution is -2.55. The summed E-state index contributed by atoms with van der Waals surface area (Å²) in [5.41, 5.74) is 0.729. The van der Waals surface area contributed by atoms with Crippen LogP contribution in [0.25, 0.3) is 0 Å². The van der Waals surface area contributed by atoms with E-state index in [2.05, 4.69) is 21.2 Å². The molecule has 5 heteroatoms. The van der Waals surface area contributed by atoms with E-state index >= 15 is 0 Å². The van der Waals surface area contributed by atoms with Crippen molar-refractivity contribution in [2.45, 2.75) is 37.8 Å². The maximum atomic E-state index is 13.6. The second-order valence-electron chi connectivity index (χ2n) is 5.43. The Balaban J connectivity index is 2.19. The van der Waals surface area contributed by atoms with Crippen LogP contribution in [0, 0.1) is 5.82 Å². The molecular weight excluding hydrogens is 337 g/mol. The summed E-state index contributed by atoms with van der Waals surface area (Å²) in [6.07, 6.45) is 2.46. The first-order chi connectivity index (χ1) is 10.1. The largest absolute Gasteiger partial charge is 0.381 e. The van der Waals surface area contributed by atoms with Gasteiger partial charge in [-0.25, -0.2) is 4.39 Å². The lowest BCUT2D eigenvalue weighted by Gasteiger charge is -2.43. The summed E-state index contributed by atoms with van der Waals surface area (Å²) < 4.78 is 25.9. The van der Waals surface area contributed by atoms with Crippen molar-refractivity contribution in [3.8, 4) is 0 Å². The topological polar surface area (TPSA) is 30.5 Å². The van der Waals surface area contributed by atoms with E-state index in [1.165, 1.54) is 6.07 Å². The van der Waals surface area contributed by atoms with E-state index in [-0.39, 0.29) is 17.5 Å². The Hall–Kier alpha value is -0.490. The molecule has 1 heterocycles. The Morgan fingerprint density at radius 1 is 1.38 bits per heavy atom. The fourth-order valence-corrected chi connectivity index (χ4v) is 3.63. The Morgan fingerprint density at radius 2 is 2.10 bits per heavy atom. The minimum Gasteiger partial charge on any atom is -0.381 e. The number of halogens is 2. The van der Waals surface area contributed by atoms with Crippen LogP contribution in [0.15, 0.2) is 22.7 Å². The average Bonchev–Trinajstić information content (AvgIpc) is 2.45. The molecule has 0 aliphatic carbocycles. The Kier molecular flexibility index (Phi) is 6.17. The molecule has 1 aromatic rings. The highest BCUT2D eigenvalue weighted by molar-refractivity contribution is 9.10. The fraction of sp³-hybridized carbons (Fsp3) is 0.625. The van der Waals surface area contributed by atoms with Gasteiger partial charge in [0, 0.05) is 43.2 Å². The molecule has 3 nitrogen and oxygen atoms in total. The van der Waals surface area contributed by atoms with Gasteiger partial charge in [-0.15, -0.1) is 0 Å². The van der Waals surface area contributed by atoms with Gasteiger partial charge in [-0.3, -0.25) is 0 Å². The highest BCUT2D eigenvalue weighted by Gasteiger charge is 2.40. The molecule has 0 spiro atoms. The summed E-state index contributed by atoms with van der Waals surface area (Å²) in [5.74, 6) is -0.216. The molecule has 118 valence electrons. The highest BCUT2D eigenvalue weighted by atomic mass is 79.9. The number of hydrogen-bond acceptors (Lipinski definition) is 3. The molecule has 1 N–H and O–H groups in total. The lowest BCUT2D eigenvalue weighted by molar-refractivity contribution is -0.125. The average molecular weight is 360 g/mol. The van der Waals surface area contributed by atoms with Gasteiger partial charge in [-0.2, -0.15) is 0 Å². The van der Waals surface area contributed by atoms with Crippen molar-refractivity contribution in [1.82, 2.24) is 5.32 Å². The van der Waals surface area contributed by atoms with Crippen molar-refractivity contribution in [2.75, 3.05) is 26.9 Å². The maximum absolute atomic E-state index is 13.6. The summed E-state index contributed by atoms with van der Waals surface area (Å²) in [6.45, 7) is 4.11. The maximum Gasteiger partial charge on any atom is 0.124 e. The monoisotopic (exact) mass is 359 g/mol. The Labute approximate surface area is 134 Å². The molecule has 21 heavy (non-hydrogen) atoms. The third-order valence-electron chi connectivity index (χ3n) is 4.12. The predicted octanol–water partition coefficient (Wildman–Crippen LogP) is 3.30. The number of ether oxygens (including phenoxy) is 2. The number of benzene rings is 1. The van der Waals surface area contributed by atoms with Crippen LogP contribution in [0.3, 0.4) is 0 Å². The third-order valence-corrected chi connectivity index (χ3v) is 4.57. The van der Waals surface area contributed by atoms with Gasteiger partial charge < -0.3 is 14.8 Å². The molecular formula is C16H23BrFNO2. The minimum atomic E-state index is -0.236. The van der Waals surface area contributed by atoms with Gasteiger partial charge in [0.1, 0.15) is 5.82 Å². The van der Waals surface area contributed by atoms with Crippen LogP contribution in [-0.4, -0.2) is 38.5 Å². The number of rotatable bonds is 6. The molecule has 1 unspecified atom stereocenters. The molecule has 1 aliphatic heterocycles. The van der Waals surface area contributed by atoms with Crippen molar-refractivity contribution in [3.05, 3.63) is 34.1 Å². The summed E-state index contributed by atoms with van der Waals surface area (Å²) >= 11 is 3.35. The number of likely N-dealkylation sites (N-methyl/N-ethyl adjacent to an activating group) is 1. The SMILES string of the molecule is CCOC1(C(Cc2cc(F)cc(Br)c2)NC)CCOCC1. The fourth-order valence-electron chi connectivity index (χ4n) is 3.11. The number of hydrogen-bond donors (Lipinski definition) is 1. The first-order valence-electron chi connectivity index (χ1n) is 7.43. The van der Waals surface area contributed by atoms with Crippen molar-refractivity contribution >= 4 is 15.9 Å². The summed E-state index contributed by atoms with van der Waals surface area (Å²) in [6, 6.07) is 5.17. The van der Waals surface area contributed by atoms with E-state index < -0.39 is 0 Å². The molecule has 1 saturated heterocycles. The molecule has 1 atom stereocenters. The molecule has 1 fully saturated rings. The van der Waals surface area contributed by atoms with E-state index in [0.717, 1.165) is 29.3 Å². The van der Waals surface area contributed by atoms with Crippen LogP contribution < -0.4 is 5.32 Å². The zero-order valence-electron chi connectivity index (χ0n) is 12.6. The standard InChI is InChI=1S/C16H23BrFNO2/c1-3-21-16(4-6-20-7-5-16)15(19-2)10-12-8-13(17)11-14(18)9-12/h8-9,11,15,19H,3-7,10H2,1-2H3. The second kappa shape index (κ2) is 7.68. The number of nitrogens with one attached hydrogen (secondary N) is 1. The molecule has 0 amide bonds. The zero-order valence-corrected chi connectivity index (χ0v) is 14.2. The van der Waals surface area contributed by atoms with Crippen LogP contribution in [0.1, 0.15) is 25.3 Å². The second-order valence-corrected chi connectivity index (χ2v) is 6.35. The van der Waals surface area contributed by atoms with Crippen LogP contribution in [0.2, 0.25) is 0 Å². The highest BCUT2D eigenvalue weighted by Crippen LogP contribution is 2.31. The molecule has 0 saturated carbocycles. The quantitative estimate of drug-likeness (QED) is 0.845. The molecule has 0 bridgehead atoms. The van der Waals surface area contributed by atoms with Crippen LogP contribution in [-0.2, 0) is 15.9 Å². The Morgan fingerprint density at radius 3 is 2.67 bits per heavy atom. The molecule has 1 aromatic carbocycles. The molecule has 1 aliphatic rings.